The van der Waals surface area contributed by atoms with Gasteiger partial charge in [0.05, 0.1) is 0 Å². The van der Waals surface area contributed by atoms with Gasteiger partial charge in [0.15, 0.2) is 0 Å². The van der Waals surface area contributed by atoms with Crippen LogP contribution in [0.2, 0.25) is 0 Å². The third-order valence-corrected chi connectivity index (χ3v) is 4.53. The molecule has 2 aromatic rings. The fourth-order valence-corrected chi connectivity index (χ4v) is 3.09. The molecule has 1 atom stereocenters. The van der Waals surface area contributed by atoms with Crippen molar-refractivity contribution >= 4 is 17.5 Å². The Labute approximate surface area is 142 Å². The second-order valence-electron chi connectivity index (χ2n) is 6.16. The van der Waals surface area contributed by atoms with Gasteiger partial charge in [-0.05, 0) is 30.5 Å². The maximum absolute atomic E-state index is 12.6. The van der Waals surface area contributed by atoms with Crippen molar-refractivity contribution in [3.63, 3.8) is 0 Å². The number of likely N-dealkylation sites (N-methyl/N-ethyl adjacent to an activating group) is 1. The molecule has 4 heteroatoms. The molecule has 0 N–H and O–H groups in total. The van der Waals surface area contributed by atoms with Gasteiger partial charge in [-0.25, -0.2) is 0 Å². The average molecular weight is 322 g/mol. The summed E-state index contributed by atoms with van der Waals surface area (Å²) < 4.78 is 0. The summed E-state index contributed by atoms with van der Waals surface area (Å²) in [5, 5.41) is 0. The molecule has 2 aromatic carbocycles. The van der Waals surface area contributed by atoms with Crippen molar-refractivity contribution in [1.29, 1.82) is 0 Å². The molecule has 0 saturated carbocycles. The highest BCUT2D eigenvalue weighted by molar-refractivity contribution is 6.09. The topological polar surface area (TPSA) is 40.6 Å². The van der Waals surface area contributed by atoms with Crippen LogP contribution >= 0.6 is 0 Å². The number of carbonyl (C=O) groups excluding carboxylic acids is 2. The molecular formula is C20H22N2O2. The summed E-state index contributed by atoms with van der Waals surface area (Å²) in [6.45, 7) is 1.23. The highest BCUT2D eigenvalue weighted by Crippen LogP contribution is 2.26. The lowest BCUT2D eigenvalue weighted by atomic mass is 10.1. The molecule has 1 saturated heterocycles. The van der Waals surface area contributed by atoms with Crippen LogP contribution in [0.25, 0.3) is 0 Å². The van der Waals surface area contributed by atoms with Gasteiger partial charge in [-0.3, -0.25) is 9.59 Å². The normalized spacial score (nSPS) is 17.1. The third-order valence-electron chi connectivity index (χ3n) is 4.53. The molecular weight excluding hydrogens is 300 g/mol. The van der Waals surface area contributed by atoms with Crippen LogP contribution in [-0.4, -0.2) is 36.9 Å². The van der Waals surface area contributed by atoms with Crippen LogP contribution in [0.5, 0.6) is 0 Å². The minimum Gasteiger partial charge on any atom is -0.345 e. The van der Waals surface area contributed by atoms with Gasteiger partial charge in [-0.1, -0.05) is 48.5 Å². The summed E-state index contributed by atoms with van der Waals surface area (Å²) >= 11 is 0. The number of hydrogen-bond acceptors (Lipinski definition) is 2. The van der Waals surface area contributed by atoms with Crippen LogP contribution < -0.4 is 4.90 Å². The molecule has 24 heavy (non-hydrogen) atoms. The zero-order valence-electron chi connectivity index (χ0n) is 13.9. The fourth-order valence-electron chi connectivity index (χ4n) is 3.09. The summed E-state index contributed by atoms with van der Waals surface area (Å²) in [4.78, 5) is 28.6. The Morgan fingerprint density at radius 3 is 2.38 bits per heavy atom. The Morgan fingerprint density at radius 2 is 1.71 bits per heavy atom. The number of nitrogens with zero attached hydrogens (tertiary/aromatic N) is 2. The fraction of sp³-hybridized carbons (Fsp3) is 0.300. The van der Waals surface area contributed by atoms with E-state index in [1.54, 1.807) is 16.8 Å². The quantitative estimate of drug-likeness (QED) is 0.794. The molecule has 0 bridgehead atoms. The Bertz CT molecular complexity index is 700. The van der Waals surface area contributed by atoms with E-state index in [9.17, 15) is 9.59 Å². The molecule has 0 radical (unpaired) electrons. The molecule has 124 valence electrons. The molecule has 2 amide bonds. The first kappa shape index (κ1) is 16.2. The molecule has 1 aliphatic rings. The number of carbonyl (C=O) groups is 2. The van der Waals surface area contributed by atoms with Crippen LogP contribution in [0.15, 0.2) is 60.7 Å². The van der Waals surface area contributed by atoms with Crippen molar-refractivity contribution in [3.05, 3.63) is 66.2 Å². The SMILES string of the molecule is CN(CCc1ccccc1)C(=O)C1CCN(c2ccccc2)C1=O. The van der Waals surface area contributed by atoms with E-state index in [1.165, 1.54) is 5.56 Å². The smallest absolute Gasteiger partial charge is 0.239 e. The van der Waals surface area contributed by atoms with Crippen molar-refractivity contribution < 1.29 is 9.59 Å². The second kappa shape index (κ2) is 7.30. The average Bonchev–Trinajstić information content (AvgIpc) is 3.02. The van der Waals surface area contributed by atoms with Crippen molar-refractivity contribution in [1.82, 2.24) is 4.90 Å². The number of para-hydroxylation sites is 1. The summed E-state index contributed by atoms with van der Waals surface area (Å²) in [6.07, 6.45) is 1.38. The first-order chi connectivity index (χ1) is 11.7. The van der Waals surface area contributed by atoms with Crippen LogP contribution in [-0.2, 0) is 16.0 Å². The molecule has 4 nitrogen and oxygen atoms in total. The van der Waals surface area contributed by atoms with E-state index in [0.29, 0.717) is 19.5 Å². The van der Waals surface area contributed by atoms with Gasteiger partial charge in [0.1, 0.15) is 5.92 Å². The molecule has 0 aliphatic carbocycles. The lowest BCUT2D eigenvalue weighted by Crippen LogP contribution is -2.38. The molecule has 1 fully saturated rings. The molecule has 0 aromatic heterocycles. The van der Waals surface area contributed by atoms with Gasteiger partial charge in [0.25, 0.3) is 0 Å². The van der Waals surface area contributed by atoms with Gasteiger partial charge in [0, 0.05) is 25.8 Å². The summed E-state index contributed by atoms with van der Waals surface area (Å²) in [6, 6.07) is 19.6. The van der Waals surface area contributed by atoms with E-state index in [0.717, 1.165) is 12.1 Å². The predicted molar refractivity (Wildman–Crippen MR) is 94.7 cm³/mol. The van der Waals surface area contributed by atoms with Gasteiger partial charge >= 0.3 is 0 Å². The largest absolute Gasteiger partial charge is 0.345 e. The van der Waals surface area contributed by atoms with E-state index < -0.39 is 5.92 Å². The Balaban J connectivity index is 1.60. The number of amides is 2. The number of anilines is 1. The standard InChI is InChI=1S/C20H22N2O2/c1-21(14-12-16-8-4-2-5-9-16)19(23)18-13-15-22(20(18)24)17-10-6-3-7-11-17/h2-11,18H,12-15H2,1H3. The first-order valence-corrected chi connectivity index (χ1v) is 8.32. The maximum atomic E-state index is 12.6. The zero-order chi connectivity index (χ0) is 16.9. The highest BCUT2D eigenvalue weighted by atomic mass is 16.2. The first-order valence-electron chi connectivity index (χ1n) is 8.32. The number of benzene rings is 2. The van der Waals surface area contributed by atoms with Gasteiger partial charge in [0.2, 0.25) is 11.8 Å². The monoisotopic (exact) mass is 322 g/mol. The third kappa shape index (κ3) is 3.48. The van der Waals surface area contributed by atoms with Crippen LogP contribution in [0, 0.1) is 5.92 Å². The van der Waals surface area contributed by atoms with E-state index in [-0.39, 0.29) is 11.8 Å². The highest BCUT2D eigenvalue weighted by Gasteiger charge is 2.38. The summed E-state index contributed by atoms with van der Waals surface area (Å²) in [5.41, 5.74) is 2.06. The molecule has 1 heterocycles. The Morgan fingerprint density at radius 1 is 1.08 bits per heavy atom. The van der Waals surface area contributed by atoms with E-state index in [1.807, 2.05) is 48.5 Å². The van der Waals surface area contributed by atoms with Crippen LogP contribution in [0.4, 0.5) is 5.69 Å². The van der Waals surface area contributed by atoms with Gasteiger partial charge in [-0.2, -0.15) is 0 Å². The Kier molecular flexibility index (Phi) is 4.94. The lowest BCUT2D eigenvalue weighted by molar-refractivity contribution is -0.138. The lowest BCUT2D eigenvalue weighted by Gasteiger charge is -2.21. The van der Waals surface area contributed by atoms with Crippen molar-refractivity contribution in [2.45, 2.75) is 12.8 Å². The Hall–Kier alpha value is -2.62. The zero-order valence-corrected chi connectivity index (χ0v) is 13.9. The van der Waals surface area contributed by atoms with E-state index in [4.69, 9.17) is 0 Å². The maximum Gasteiger partial charge on any atom is 0.239 e. The van der Waals surface area contributed by atoms with Crippen LogP contribution in [0.1, 0.15) is 12.0 Å². The van der Waals surface area contributed by atoms with Crippen molar-refractivity contribution in [3.8, 4) is 0 Å². The minimum absolute atomic E-state index is 0.0747. The summed E-state index contributed by atoms with van der Waals surface area (Å²) in [7, 11) is 1.78. The molecule has 0 spiro atoms. The van der Waals surface area contributed by atoms with Crippen LogP contribution in [0.3, 0.4) is 0 Å². The van der Waals surface area contributed by atoms with Gasteiger partial charge < -0.3 is 9.80 Å². The number of rotatable bonds is 5. The van der Waals surface area contributed by atoms with Crippen molar-refractivity contribution in [2.75, 3.05) is 25.0 Å². The van der Waals surface area contributed by atoms with Gasteiger partial charge in [-0.15, -0.1) is 0 Å². The molecule has 3 rings (SSSR count). The molecule has 1 unspecified atom stereocenters. The molecule has 1 aliphatic heterocycles. The minimum atomic E-state index is -0.550. The predicted octanol–water partition coefficient (Wildman–Crippen LogP) is 2.74. The second-order valence-corrected chi connectivity index (χ2v) is 6.16. The van der Waals surface area contributed by atoms with E-state index in [2.05, 4.69) is 12.1 Å². The van der Waals surface area contributed by atoms with E-state index >= 15 is 0 Å². The summed E-state index contributed by atoms with van der Waals surface area (Å²) in [5.74, 6) is -0.710. The van der Waals surface area contributed by atoms with Crippen molar-refractivity contribution in [2.24, 2.45) is 5.92 Å². The number of hydrogen-bond donors (Lipinski definition) is 0.